The number of aliphatic hydroxyl groups is 1. The molecule has 4 aromatic rings. The van der Waals surface area contributed by atoms with Crippen molar-refractivity contribution in [3.8, 4) is 17.2 Å². The Morgan fingerprint density at radius 3 is 2.23 bits per heavy atom. The number of likely N-dealkylation sites (tertiary alicyclic amines) is 1. The van der Waals surface area contributed by atoms with Gasteiger partial charge in [-0.1, -0.05) is 42.5 Å². The van der Waals surface area contributed by atoms with Crippen LogP contribution in [0.3, 0.4) is 0 Å². The van der Waals surface area contributed by atoms with Crippen LogP contribution in [0, 0.1) is 0 Å². The third kappa shape index (κ3) is 5.37. The number of benzene rings is 3. The Kier molecular flexibility index (Phi) is 7.77. The molecule has 1 saturated heterocycles. The van der Waals surface area contributed by atoms with Gasteiger partial charge in [-0.3, -0.25) is 14.6 Å². The summed E-state index contributed by atoms with van der Waals surface area (Å²) in [6.07, 6.45) is 3.26. The molecule has 0 radical (unpaired) electrons. The van der Waals surface area contributed by atoms with Crippen LogP contribution in [-0.4, -0.2) is 40.9 Å². The van der Waals surface area contributed by atoms with Crippen LogP contribution in [0.2, 0.25) is 0 Å². The molecule has 40 heavy (non-hydrogen) atoms. The molecule has 3 aromatic carbocycles. The number of aliphatic hydroxyl groups excluding tert-OH is 1. The molecule has 1 unspecified atom stereocenters. The number of aromatic nitrogens is 1. The van der Waals surface area contributed by atoms with Gasteiger partial charge >= 0.3 is 0 Å². The standard InChI is InChI=1S/C32H28N2O6/c1-38-26-13-10-24(18-27(26)39-2)30(35)28-29(34(32(37)31(28)36)19-21-14-16-33-17-15-21)23-8-11-25(12-9-23)40-20-22-6-4-3-5-7-22/h3-18,29,35H,19-20H2,1-2H3. The molecule has 0 bridgehead atoms. The molecule has 1 N–H and O–H groups in total. The maximum Gasteiger partial charge on any atom is 0.295 e. The molecule has 0 saturated carbocycles. The predicted molar refractivity (Wildman–Crippen MR) is 149 cm³/mol. The van der Waals surface area contributed by atoms with Crippen LogP contribution in [0.4, 0.5) is 0 Å². The first-order valence-corrected chi connectivity index (χ1v) is 12.7. The van der Waals surface area contributed by atoms with Gasteiger partial charge in [0.05, 0.1) is 25.8 Å². The normalized spacial score (nSPS) is 16.1. The van der Waals surface area contributed by atoms with Crippen molar-refractivity contribution in [3.63, 3.8) is 0 Å². The molecule has 1 aliphatic heterocycles. The Labute approximate surface area is 232 Å². The summed E-state index contributed by atoms with van der Waals surface area (Å²) < 4.78 is 16.6. The molecule has 202 valence electrons. The van der Waals surface area contributed by atoms with Crippen LogP contribution < -0.4 is 14.2 Å². The summed E-state index contributed by atoms with van der Waals surface area (Å²) in [6.45, 7) is 0.562. The van der Waals surface area contributed by atoms with Crippen molar-refractivity contribution in [2.45, 2.75) is 19.2 Å². The van der Waals surface area contributed by atoms with Gasteiger partial charge in [-0.05, 0) is 59.2 Å². The number of ether oxygens (including phenoxy) is 3. The summed E-state index contributed by atoms with van der Waals surface area (Å²) in [5, 5.41) is 11.4. The quantitative estimate of drug-likeness (QED) is 0.176. The number of Topliss-reactive ketones (excluding diaryl/α,β-unsaturated/α-hetero) is 1. The monoisotopic (exact) mass is 536 g/mol. The van der Waals surface area contributed by atoms with E-state index in [0.717, 1.165) is 11.1 Å². The van der Waals surface area contributed by atoms with Crippen molar-refractivity contribution >= 4 is 17.4 Å². The van der Waals surface area contributed by atoms with Gasteiger partial charge < -0.3 is 24.2 Å². The lowest BCUT2D eigenvalue weighted by molar-refractivity contribution is -0.140. The number of pyridine rings is 1. The fourth-order valence-corrected chi connectivity index (χ4v) is 4.70. The van der Waals surface area contributed by atoms with E-state index in [0.29, 0.717) is 35.0 Å². The lowest BCUT2D eigenvalue weighted by Crippen LogP contribution is -2.29. The maximum absolute atomic E-state index is 13.4. The van der Waals surface area contributed by atoms with Crippen LogP contribution in [0.1, 0.15) is 28.3 Å². The van der Waals surface area contributed by atoms with Crippen molar-refractivity contribution in [3.05, 3.63) is 125 Å². The summed E-state index contributed by atoms with van der Waals surface area (Å²) >= 11 is 0. The first-order valence-electron chi connectivity index (χ1n) is 12.7. The minimum absolute atomic E-state index is 0.00997. The smallest absolute Gasteiger partial charge is 0.295 e. The maximum atomic E-state index is 13.4. The minimum Gasteiger partial charge on any atom is -0.507 e. The van der Waals surface area contributed by atoms with Gasteiger partial charge in [0.15, 0.2) is 11.5 Å². The number of hydrogen-bond donors (Lipinski definition) is 1. The molecule has 0 spiro atoms. The summed E-state index contributed by atoms with van der Waals surface area (Å²) in [7, 11) is 2.99. The summed E-state index contributed by atoms with van der Waals surface area (Å²) in [6, 6.07) is 24.6. The molecule has 1 aliphatic rings. The highest BCUT2D eigenvalue weighted by molar-refractivity contribution is 6.46. The highest BCUT2D eigenvalue weighted by Crippen LogP contribution is 2.41. The molecule has 1 amide bonds. The lowest BCUT2D eigenvalue weighted by Gasteiger charge is -2.25. The van der Waals surface area contributed by atoms with Gasteiger partial charge in [0.1, 0.15) is 18.1 Å². The van der Waals surface area contributed by atoms with Crippen LogP contribution >= 0.6 is 0 Å². The van der Waals surface area contributed by atoms with E-state index in [1.807, 2.05) is 30.3 Å². The Hall–Kier alpha value is -5.11. The van der Waals surface area contributed by atoms with E-state index in [9.17, 15) is 14.7 Å². The lowest BCUT2D eigenvalue weighted by atomic mass is 9.95. The van der Waals surface area contributed by atoms with Crippen molar-refractivity contribution in [1.29, 1.82) is 0 Å². The first-order chi connectivity index (χ1) is 19.5. The second-order valence-electron chi connectivity index (χ2n) is 9.20. The zero-order chi connectivity index (χ0) is 28.1. The zero-order valence-corrected chi connectivity index (χ0v) is 22.1. The number of amides is 1. The molecule has 8 heteroatoms. The molecule has 8 nitrogen and oxygen atoms in total. The topological polar surface area (TPSA) is 98.2 Å². The Morgan fingerprint density at radius 2 is 1.55 bits per heavy atom. The van der Waals surface area contributed by atoms with Crippen LogP contribution in [0.5, 0.6) is 17.2 Å². The first kappa shape index (κ1) is 26.5. The second kappa shape index (κ2) is 11.7. The highest BCUT2D eigenvalue weighted by Gasteiger charge is 2.46. The Morgan fingerprint density at radius 1 is 0.850 bits per heavy atom. The zero-order valence-electron chi connectivity index (χ0n) is 22.1. The van der Waals surface area contributed by atoms with E-state index in [1.165, 1.54) is 19.1 Å². The third-order valence-corrected chi connectivity index (χ3v) is 6.74. The van der Waals surface area contributed by atoms with Gasteiger partial charge in [0, 0.05) is 24.5 Å². The predicted octanol–water partition coefficient (Wildman–Crippen LogP) is 5.30. The second-order valence-corrected chi connectivity index (χ2v) is 9.20. The number of carbonyl (C=O) groups is 2. The van der Waals surface area contributed by atoms with Crippen molar-refractivity contribution in [2.75, 3.05) is 14.2 Å². The van der Waals surface area contributed by atoms with E-state index in [4.69, 9.17) is 14.2 Å². The molecule has 1 fully saturated rings. The summed E-state index contributed by atoms with van der Waals surface area (Å²) in [5.74, 6) is -0.276. The van der Waals surface area contributed by atoms with Gasteiger partial charge in [0.25, 0.3) is 11.7 Å². The van der Waals surface area contributed by atoms with E-state index < -0.39 is 17.7 Å². The van der Waals surface area contributed by atoms with E-state index in [-0.39, 0.29) is 17.9 Å². The molecule has 1 atom stereocenters. The SMILES string of the molecule is COc1ccc(C(O)=C2C(=O)C(=O)N(Cc3ccncc3)C2c2ccc(OCc3ccccc3)cc2)cc1OC. The Balaban J connectivity index is 1.53. The number of methoxy groups -OCH3 is 2. The van der Waals surface area contributed by atoms with Gasteiger partial charge in [-0.25, -0.2) is 0 Å². The fourth-order valence-electron chi connectivity index (χ4n) is 4.70. The van der Waals surface area contributed by atoms with Gasteiger partial charge in [-0.15, -0.1) is 0 Å². The fraction of sp³-hybridized carbons (Fsp3) is 0.156. The van der Waals surface area contributed by atoms with E-state index in [2.05, 4.69) is 4.98 Å². The number of ketones is 1. The third-order valence-electron chi connectivity index (χ3n) is 6.74. The molecule has 2 heterocycles. The Bertz CT molecular complexity index is 1540. The van der Waals surface area contributed by atoms with Crippen molar-refractivity contribution < 1.29 is 28.9 Å². The van der Waals surface area contributed by atoms with Crippen molar-refractivity contribution in [2.24, 2.45) is 0 Å². The number of carbonyl (C=O) groups excluding carboxylic acids is 2. The number of nitrogens with zero attached hydrogens (tertiary/aromatic N) is 2. The van der Waals surface area contributed by atoms with Crippen LogP contribution in [-0.2, 0) is 22.7 Å². The molecule has 1 aromatic heterocycles. The van der Waals surface area contributed by atoms with E-state index >= 15 is 0 Å². The molecule has 0 aliphatic carbocycles. The van der Waals surface area contributed by atoms with Crippen molar-refractivity contribution in [1.82, 2.24) is 9.88 Å². The molecular weight excluding hydrogens is 508 g/mol. The largest absolute Gasteiger partial charge is 0.507 e. The van der Waals surface area contributed by atoms with Crippen LogP contribution in [0.25, 0.3) is 5.76 Å². The summed E-state index contributed by atoms with van der Waals surface area (Å²) in [5.41, 5.74) is 2.81. The number of rotatable bonds is 9. The molecule has 5 rings (SSSR count). The van der Waals surface area contributed by atoms with Gasteiger partial charge in [0.2, 0.25) is 0 Å². The van der Waals surface area contributed by atoms with Crippen LogP contribution in [0.15, 0.2) is 103 Å². The molecular formula is C32H28N2O6. The van der Waals surface area contributed by atoms with E-state index in [1.54, 1.807) is 67.0 Å². The summed E-state index contributed by atoms with van der Waals surface area (Å²) in [4.78, 5) is 32.2. The minimum atomic E-state index is -0.829. The average Bonchev–Trinajstić information content (AvgIpc) is 3.25. The number of hydrogen-bond acceptors (Lipinski definition) is 7. The average molecular weight is 537 g/mol. The highest BCUT2D eigenvalue weighted by atomic mass is 16.5. The van der Waals surface area contributed by atoms with Gasteiger partial charge in [-0.2, -0.15) is 0 Å².